The monoisotopic (exact) mass is 286 g/mol. The minimum absolute atomic E-state index is 0. The SMILES string of the molecule is CCCCCOP(=O)(OC)OP(=O)(O)O.[NaH]. The summed E-state index contributed by atoms with van der Waals surface area (Å²) in [6.45, 7) is 2.04. The second-order valence-electron chi connectivity index (χ2n) is 2.74. The molecular weight excluding hydrogens is 269 g/mol. The van der Waals surface area contributed by atoms with Crippen molar-refractivity contribution in [3.05, 3.63) is 0 Å². The van der Waals surface area contributed by atoms with E-state index in [9.17, 15) is 9.13 Å². The van der Waals surface area contributed by atoms with E-state index in [1.807, 2.05) is 6.92 Å². The zero-order chi connectivity index (χ0) is 11.9. The Hall–Kier alpha value is 1.26. The van der Waals surface area contributed by atoms with Gasteiger partial charge in [-0.1, -0.05) is 19.8 Å². The number of rotatable bonds is 8. The van der Waals surface area contributed by atoms with E-state index < -0.39 is 15.6 Å². The van der Waals surface area contributed by atoms with Gasteiger partial charge in [0.05, 0.1) is 6.61 Å². The maximum atomic E-state index is 11.4. The molecule has 1 unspecified atom stereocenters. The van der Waals surface area contributed by atoms with E-state index in [0.29, 0.717) is 6.42 Å². The van der Waals surface area contributed by atoms with Crippen molar-refractivity contribution in [1.29, 1.82) is 0 Å². The number of unbranched alkanes of at least 4 members (excludes halogenated alkanes) is 2. The van der Waals surface area contributed by atoms with Crippen molar-refractivity contribution in [1.82, 2.24) is 0 Å². The number of hydrogen-bond acceptors (Lipinski definition) is 5. The van der Waals surface area contributed by atoms with E-state index in [1.54, 1.807) is 0 Å². The maximum absolute atomic E-state index is 11.4. The summed E-state index contributed by atoms with van der Waals surface area (Å²) < 4.78 is 34.8. The van der Waals surface area contributed by atoms with Gasteiger partial charge in [0.25, 0.3) is 0 Å². The molecule has 0 aliphatic heterocycles. The van der Waals surface area contributed by atoms with Crippen molar-refractivity contribution in [3.63, 3.8) is 0 Å². The summed E-state index contributed by atoms with van der Waals surface area (Å²) in [5.41, 5.74) is 0. The fraction of sp³-hybridized carbons (Fsp3) is 1.00. The Balaban J connectivity index is 0. The third-order valence-electron chi connectivity index (χ3n) is 1.43. The van der Waals surface area contributed by atoms with Crippen LogP contribution in [0.4, 0.5) is 0 Å². The predicted molar refractivity (Wildman–Crippen MR) is 60.4 cm³/mol. The van der Waals surface area contributed by atoms with Gasteiger partial charge in [0.2, 0.25) is 0 Å². The Morgan fingerprint density at radius 2 is 1.75 bits per heavy atom. The fourth-order valence-corrected chi connectivity index (χ4v) is 2.72. The molecule has 0 aromatic rings. The van der Waals surface area contributed by atoms with Gasteiger partial charge in [-0.05, 0) is 6.42 Å². The van der Waals surface area contributed by atoms with Crippen LogP contribution in [0.3, 0.4) is 0 Å². The molecule has 0 saturated heterocycles. The van der Waals surface area contributed by atoms with Crippen LogP contribution in [-0.4, -0.2) is 53.1 Å². The summed E-state index contributed by atoms with van der Waals surface area (Å²) in [6.07, 6.45) is 2.42. The van der Waals surface area contributed by atoms with E-state index in [-0.39, 0.29) is 36.2 Å². The standard InChI is InChI=1S/C6H16O7P2.Na.H/c1-3-4-5-6-12-15(10,11-2)13-14(7,8)9;;/h3-6H2,1-2H3,(H2,7,8,9);;. The quantitative estimate of drug-likeness (QED) is 0.395. The van der Waals surface area contributed by atoms with Crippen molar-refractivity contribution in [3.8, 4) is 0 Å². The molecule has 0 aliphatic rings. The Morgan fingerprint density at radius 3 is 2.12 bits per heavy atom. The second kappa shape index (κ2) is 9.22. The first-order valence-corrected chi connectivity index (χ1v) is 7.39. The van der Waals surface area contributed by atoms with Gasteiger partial charge in [0, 0.05) is 7.11 Å². The van der Waals surface area contributed by atoms with Crippen LogP contribution >= 0.6 is 15.6 Å². The number of hydrogen-bond donors (Lipinski definition) is 2. The van der Waals surface area contributed by atoms with Crippen LogP contribution in [0.5, 0.6) is 0 Å². The first kappa shape index (κ1) is 19.6. The minimum atomic E-state index is -4.87. The molecule has 1 atom stereocenters. The molecule has 16 heavy (non-hydrogen) atoms. The zero-order valence-electron chi connectivity index (χ0n) is 8.66. The number of phosphoric acid groups is 2. The number of phosphoric ester groups is 1. The van der Waals surface area contributed by atoms with Gasteiger partial charge in [0.15, 0.2) is 0 Å². The first-order valence-electron chi connectivity index (χ1n) is 4.40. The Morgan fingerprint density at radius 1 is 1.19 bits per heavy atom. The predicted octanol–water partition coefficient (Wildman–Crippen LogP) is 1.41. The van der Waals surface area contributed by atoms with Crippen LogP contribution in [-0.2, 0) is 22.5 Å². The molecule has 0 aliphatic carbocycles. The van der Waals surface area contributed by atoms with Crippen LogP contribution in [0.15, 0.2) is 0 Å². The fourth-order valence-electron chi connectivity index (χ4n) is 0.768. The Bertz CT molecular complexity index is 266. The summed E-state index contributed by atoms with van der Waals surface area (Å²) >= 11 is 0. The average Bonchev–Trinajstić information content (AvgIpc) is 2.10. The van der Waals surface area contributed by atoms with Crippen molar-refractivity contribution in [2.45, 2.75) is 26.2 Å². The van der Waals surface area contributed by atoms with Gasteiger partial charge in [0.1, 0.15) is 0 Å². The third kappa shape index (κ3) is 10.4. The van der Waals surface area contributed by atoms with E-state index in [2.05, 4.69) is 13.4 Å². The van der Waals surface area contributed by atoms with Gasteiger partial charge < -0.3 is 9.79 Å². The summed E-state index contributed by atoms with van der Waals surface area (Å²) in [6, 6.07) is 0. The van der Waals surface area contributed by atoms with E-state index in [0.717, 1.165) is 20.0 Å². The Labute approximate surface area is 117 Å². The van der Waals surface area contributed by atoms with Crippen molar-refractivity contribution >= 4 is 45.2 Å². The second-order valence-corrected chi connectivity index (χ2v) is 5.89. The van der Waals surface area contributed by atoms with Crippen LogP contribution in [0.2, 0.25) is 0 Å². The molecule has 0 amide bonds. The van der Waals surface area contributed by atoms with Gasteiger partial charge in [-0.3, -0.25) is 9.05 Å². The molecule has 2 N–H and O–H groups in total. The molecule has 10 heteroatoms. The van der Waals surface area contributed by atoms with Gasteiger partial charge >= 0.3 is 45.2 Å². The van der Waals surface area contributed by atoms with Crippen molar-refractivity contribution in [2.75, 3.05) is 13.7 Å². The van der Waals surface area contributed by atoms with E-state index >= 15 is 0 Å². The molecule has 7 nitrogen and oxygen atoms in total. The molecule has 0 aromatic carbocycles. The van der Waals surface area contributed by atoms with Crippen LogP contribution < -0.4 is 0 Å². The topological polar surface area (TPSA) is 102 Å². The van der Waals surface area contributed by atoms with Gasteiger partial charge in [-0.15, -0.1) is 0 Å². The molecule has 0 radical (unpaired) electrons. The summed E-state index contributed by atoms with van der Waals surface area (Å²) in [5.74, 6) is 0. The Kier molecular flexibility index (Phi) is 11.3. The molecule has 0 fully saturated rings. The average molecular weight is 286 g/mol. The van der Waals surface area contributed by atoms with E-state index in [4.69, 9.17) is 9.79 Å². The normalized spacial score (nSPS) is 15.2. The van der Waals surface area contributed by atoms with Crippen LogP contribution in [0, 0.1) is 0 Å². The molecule has 94 valence electrons. The molecule has 0 heterocycles. The third-order valence-corrected chi connectivity index (χ3v) is 4.02. The molecule has 0 aromatic heterocycles. The summed E-state index contributed by atoms with van der Waals surface area (Å²) in [5, 5.41) is 0. The molecule has 0 spiro atoms. The van der Waals surface area contributed by atoms with Gasteiger partial charge in [-0.25, -0.2) is 9.13 Å². The summed E-state index contributed by atoms with van der Waals surface area (Å²) in [7, 11) is -8.00. The van der Waals surface area contributed by atoms with Crippen molar-refractivity contribution in [2.24, 2.45) is 0 Å². The van der Waals surface area contributed by atoms with Crippen molar-refractivity contribution < 1.29 is 32.3 Å². The van der Waals surface area contributed by atoms with Crippen LogP contribution in [0.1, 0.15) is 26.2 Å². The molecule has 0 rings (SSSR count). The molecular formula is C6H17NaO7P2. The zero-order valence-corrected chi connectivity index (χ0v) is 10.4. The van der Waals surface area contributed by atoms with Gasteiger partial charge in [-0.2, -0.15) is 4.31 Å². The first-order chi connectivity index (χ1) is 6.83. The van der Waals surface area contributed by atoms with E-state index in [1.165, 1.54) is 0 Å². The van der Waals surface area contributed by atoms with Crippen LogP contribution in [0.25, 0.3) is 0 Å². The molecule has 0 saturated carbocycles. The summed E-state index contributed by atoms with van der Waals surface area (Å²) in [4.78, 5) is 16.9. The molecule has 0 bridgehead atoms.